The second-order valence-electron chi connectivity index (χ2n) is 6.99. The van der Waals surface area contributed by atoms with E-state index in [0.717, 1.165) is 47.7 Å². The van der Waals surface area contributed by atoms with Gasteiger partial charge in [-0.3, -0.25) is 14.5 Å². The van der Waals surface area contributed by atoms with Crippen LogP contribution < -0.4 is 11.1 Å². The van der Waals surface area contributed by atoms with Crippen molar-refractivity contribution in [1.29, 1.82) is 0 Å². The average Bonchev–Trinajstić information content (AvgIpc) is 3.08. The number of amides is 1. The van der Waals surface area contributed by atoms with Crippen molar-refractivity contribution >= 4 is 22.5 Å². The van der Waals surface area contributed by atoms with E-state index in [1.165, 1.54) is 0 Å². The second-order valence-corrected chi connectivity index (χ2v) is 6.99. The van der Waals surface area contributed by atoms with Crippen LogP contribution in [-0.2, 0) is 11.8 Å². The van der Waals surface area contributed by atoms with Gasteiger partial charge in [0.2, 0.25) is 5.91 Å². The molecule has 0 aromatic carbocycles. The van der Waals surface area contributed by atoms with E-state index in [4.69, 9.17) is 5.73 Å². The second kappa shape index (κ2) is 6.84. The van der Waals surface area contributed by atoms with Gasteiger partial charge in [0.25, 0.3) is 0 Å². The van der Waals surface area contributed by atoms with E-state index < -0.39 is 0 Å². The molecule has 0 radical (unpaired) electrons. The monoisotopic (exact) mass is 350 g/mol. The number of carbonyl (C=O) groups excluding carboxylic acids is 1. The molecule has 1 aliphatic carbocycles. The molecule has 134 valence electrons. The molecule has 3 aromatic heterocycles. The third kappa shape index (κ3) is 3.43. The number of anilines is 1. The molecule has 0 atom stereocenters. The first-order chi connectivity index (χ1) is 12.6. The summed E-state index contributed by atoms with van der Waals surface area (Å²) in [5, 5.41) is 9.05. The maximum absolute atomic E-state index is 12.5. The summed E-state index contributed by atoms with van der Waals surface area (Å²) in [4.78, 5) is 21.3. The van der Waals surface area contributed by atoms with E-state index in [1.54, 1.807) is 23.3 Å². The summed E-state index contributed by atoms with van der Waals surface area (Å²) in [7, 11) is 1.88. The summed E-state index contributed by atoms with van der Waals surface area (Å²) in [6.45, 7) is 0. The molecule has 1 fully saturated rings. The third-order valence-corrected chi connectivity index (χ3v) is 5.00. The molecule has 7 heteroatoms. The molecule has 26 heavy (non-hydrogen) atoms. The minimum atomic E-state index is 0.0238. The van der Waals surface area contributed by atoms with Crippen LogP contribution in [-0.4, -0.2) is 31.7 Å². The summed E-state index contributed by atoms with van der Waals surface area (Å²) in [6.07, 6.45) is 10.7. The molecule has 4 rings (SSSR count). The third-order valence-electron chi connectivity index (χ3n) is 5.00. The van der Waals surface area contributed by atoms with Crippen molar-refractivity contribution in [3.8, 4) is 11.3 Å². The SMILES string of the molecule is Cn1cc(-c2cc3cc(NC(=O)C4CCC(N)CC4)ncc3cn2)cn1. The zero-order valence-corrected chi connectivity index (χ0v) is 14.7. The van der Waals surface area contributed by atoms with E-state index in [9.17, 15) is 4.79 Å². The Morgan fingerprint density at radius 2 is 1.88 bits per heavy atom. The van der Waals surface area contributed by atoms with Gasteiger partial charge in [0, 0.05) is 48.5 Å². The van der Waals surface area contributed by atoms with Gasteiger partial charge in [-0.05, 0) is 43.2 Å². The van der Waals surface area contributed by atoms with Crippen LogP contribution in [0, 0.1) is 5.92 Å². The van der Waals surface area contributed by atoms with Gasteiger partial charge in [-0.15, -0.1) is 0 Å². The largest absolute Gasteiger partial charge is 0.328 e. The number of aryl methyl sites for hydroxylation is 1. The number of aromatic nitrogens is 4. The Morgan fingerprint density at radius 1 is 1.12 bits per heavy atom. The number of nitrogens with one attached hydrogen (secondary N) is 1. The fourth-order valence-corrected chi connectivity index (χ4v) is 3.43. The summed E-state index contributed by atoms with van der Waals surface area (Å²) < 4.78 is 1.75. The molecule has 3 N–H and O–H groups in total. The van der Waals surface area contributed by atoms with E-state index >= 15 is 0 Å². The van der Waals surface area contributed by atoms with E-state index in [2.05, 4.69) is 20.4 Å². The lowest BCUT2D eigenvalue weighted by molar-refractivity contribution is -0.120. The van der Waals surface area contributed by atoms with Gasteiger partial charge in [0.1, 0.15) is 5.82 Å². The highest BCUT2D eigenvalue weighted by molar-refractivity contribution is 5.94. The van der Waals surface area contributed by atoms with Gasteiger partial charge >= 0.3 is 0 Å². The van der Waals surface area contributed by atoms with Gasteiger partial charge in [-0.1, -0.05) is 0 Å². The van der Waals surface area contributed by atoms with Crippen LogP contribution in [0.1, 0.15) is 25.7 Å². The molecule has 0 bridgehead atoms. The summed E-state index contributed by atoms with van der Waals surface area (Å²) in [5.74, 6) is 0.627. The van der Waals surface area contributed by atoms with Crippen molar-refractivity contribution in [3.63, 3.8) is 0 Å². The van der Waals surface area contributed by atoms with Crippen LogP contribution in [0.4, 0.5) is 5.82 Å². The van der Waals surface area contributed by atoms with Gasteiger partial charge in [-0.2, -0.15) is 5.10 Å². The number of carbonyl (C=O) groups is 1. The van der Waals surface area contributed by atoms with E-state index in [1.807, 2.05) is 25.4 Å². The van der Waals surface area contributed by atoms with E-state index in [-0.39, 0.29) is 17.9 Å². The molecule has 1 saturated carbocycles. The van der Waals surface area contributed by atoms with Gasteiger partial charge < -0.3 is 11.1 Å². The zero-order valence-electron chi connectivity index (χ0n) is 14.7. The standard InChI is InChI=1S/C19H22N6O/c1-25-11-15(10-23-25)17-6-13-7-18(22-9-14(13)8-21-17)24-19(26)12-2-4-16(20)5-3-12/h6-12,16H,2-5,20H2,1H3,(H,22,24,26). The molecule has 0 aliphatic heterocycles. The van der Waals surface area contributed by atoms with Crippen molar-refractivity contribution in [1.82, 2.24) is 19.7 Å². The quantitative estimate of drug-likeness (QED) is 0.756. The molecule has 3 heterocycles. The number of hydrogen-bond acceptors (Lipinski definition) is 5. The minimum absolute atomic E-state index is 0.0238. The smallest absolute Gasteiger partial charge is 0.228 e. The highest BCUT2D eigenvalue weighted by atomic mass is 16.1. The topological polar surface area (TPSA) is 98.7 Å². The minimum Gasteiger partial charge on any atom is -0.328 e. The Morgan fingerprint density at radius 3 is 2.62 bits per heavy atom. The first-order valence-electron chi connectivity index (χ1n) is 8.90. The van der Waals surface area contributed by atoms with Crippen LogP contribution in [0.15, 0.2) is 36.9 Å². The Hall–Kier alpha value is -2.80. The highest BCUT2D eigenvalue weighted by Gasteiger charge is 2.24. The fourth-order valence-electron chi connectivity index (χ4n) is 3.43. The van der Waals surface area contributed by atoms with Gasteiger partial charge in [0.15, 0.2) is 0 Å². The number of fused-ring (bicyclic) bond motifs is 1. The lowest BCUT2D eigenvalue weighted by atomic mass is 9.86. The van der Waals surface area contributed by atoms with Gasteiger partial charge in [-0.25, -0.2) is 4.98 Å². The predicted octanol–water partition coefficient (Wildman–Crippen LogP) is 2.49. The lowest BCUT2D eigenvalue weighted by Crippen LogP contribution is -2.32. The Bertz CT molecular complexity index is 942. The lowest BCUT2D eigenvalue weighted by Gasteiger charge is -2.24. The van der Waals surface area contributed by atoms with Crippen LogP contribution in [0.2, 0.25) is 0 Å². The molecule has 3 aromatic rings. The van der Waals surface area contributed by atoms with Crippen molar-refractivity contribution < 1.29 is 4.79 Å². The molecular weight excluding hydrogens is 328 g/mol. The average molecular weight is 350 g/mol. The molecule has 1 aliphatic rings. The fraction of sp³-hybridized carbons (Fsp3) is 0.368. The summed E-state index contributed by atoms with van der Waals surface area (Å²) in [5.41, 5.74) is 7.72. The Kier molecular flexibility index (Phi) is 4.38. The van der Waals surface area contributed by atoms with Crippen molar-refractivity contribution in [2.45, 2.75) is 31.7 Å². The Balaban J connectivity index is 1.55. The predicted molar refractivity (Wildman–Crippen MR) is 100 cm³/mol. The molecule has 0 spiro atoms. The first-order valence-corrected chi connectivity index (χ1v) is 8.90. The normalized spacial score (nSPS) is 20.2. The summed E-state index contributed by atoms with van der Waals surface area (Å²) in [6, 6.07) is 4.11. The van der Waals surface area contributed by atoms with Crippen LogP contribution >= 0.6 is 0 Å². The van der Waals surface area contributed by atoms with Crippen molar-refractivity contribution in [2.24, 2.45) is 18.7 Å². The van der Waals surface area contributed by atoms with Gasteiger partial charge in [0.05, 0.1) is 11.9 Å². The summed E-state index contributed by atoms with van der Waals surface area (Å²) >= 11 is 0. The van der Waals surface area contributed by atoms with Crippen LogP contribution in [0.25, 0.3) is 22.0 Å². The number of pyridine rings is 2. The number of hydrogen-bond donors (Lipinski definition) is 2. The Labute approximate surface area is 151 Å². The maximum Gasteiger partial charge on any atom is 0.228 e. The molecule has 0 unspecified atom stereocenters. The molecule has 1 amide bonds. The first kappa shape index (κ1) is 16.7. The number of nitrogens with two attached hydrogens (primary N) is 1. The molecule has 0 saturated heterocycles. The maximum atomic E-state index is 12.5. The number of nitrogens with zero attached hydrogens (tertiary/aromatic N) is 4. The van der Waals surface area contributed by atoms with Crippen molar-refractivity contribution in [2.75, 3.05) is 5.32 Å². The van der Waals surface area contributed by atoms with Crippen LogP contribution in [0.5, 0.6) is 0 Å². The number of rotatable bonds is 3. The van der Waals surface area contributed by atoms with Crippen molar-refractivity contribution in [3.05, 3.63) is 36.9 Å². The zero-order chi connectivity index (χ0) is 18.1. The van der Waals surface area contributed by atoms with E-state index in [0.29, 0.717) is 5.82 Å². The molecular formula is C19H22N6O. The highest BCUT2D eigenvalue weighted by Crippen LogP contribution is 2.26. The molecule has 7 nitrogen and oxygen atoms in total. The van der Waals surface area contributed by atoms with Crippen LogP contribution in [0.3, 0.4) is 0 Å².